The van der Waals surface area contributed by atoms with Gasteiger partial charge >= 0.3 is 0 Å². The smallest absolute Gasteiger partial charge is 0.231 e. The highest BCUT2D eigenvalue weighted by Crippen LogP contribution is 2.41. The molecule has 0 aliphatic carbocycles. The summed E-state index contributed by atoms with van der Waals surface area (Å²) in [4.78, 5) is 13.9. The molecule has 0 amide bonds. The first-order valence-electron chi connectivity index (χ1n) is 8.46. The SMILES string of the molecule is C#Cc1cc2c(cc1Sc1nc3c(N)ncnc3n1CCCCN)OCO2. The third-order valence-corrected chi connectivity index (χ3v) is 5.24. The maximum Gasteiger partial charge on any atom is 0.231 e. The van der Waals surface area contributed by atoms with Crippen molar-refractivity contribution in [2.75, 3.05) is 19.1 Å². The average Bonchev–Trinajstić information content (AvgIpc) is 3.26. The summed E-state index contributed by atoms with van der Waals surface area (Å²) in [6, 6.07) is 3.68. The molecule has 0 spiro atoms. The third-order valence-electron chi connectivity index (χ3n) is 4.19. The Morgan fingerprint density at radius 3 is 2.81 bits per heavy atom. The largest absolute Gasteiger partial charge is 0.454 e. The number of hydrogen-bond donors (Lipinski definition) is 2. The molecule has 0 saturated carbocycles. The maximum atomic E-state index is 5.99. The summed E-state index contributed by atoms with van der Waals surface area (Å²) in [5.74, 6) is 4.37. The fourth-order valence-electron chi connectivity index (χ4n) is 2.85. The highest BCUT2D eigenvalue weighted by atomic mass is 32.2. The highest BCUT2D eigenvalue weighted by Gasteiger charge is 2.20. The first-order valence-corrected chi connectivity index (χ1v) is 9.27. The number of nitrogen functional groups attached to an aromatic ring is 1. The van der Waals surface area contributed by atoms with Gasteiger partial charge in [-0.1, -0.05) is 17.7 Å². The van der Waals surface area contributed by atoms with Crippen LogP contribution in [0, 0.1) is 12.3 Å². The summed E-state index contributed by atoms with van der Waals surface area (Å²) in [7, 11) is 0. The second-order valence-electron chi connectivity index (χ2n) is 5.92. The van der Waals surface area contributed by atoms with E-state index >= 15 is 0 Å². The van der Waals surface area contributed by atoms with Crippen LogP contribution in [0.5, 0.6) is 11.5 Å². The molecule has 4 N–H and O–H groups in total. The molecule has 1 aliphatic rings. The molecule has 8 nitrogen and oxygen atoms in total. The van der Waals surface area contributed by atoms with Gasteiger partial charge in [0.1, 0.15) is 6.33 Å². The number of imidazole rings is 1. The number of nitrogens with two attached hydrogens (primary N) is 2. The van der Waals surface area contributed by atoms with Gasteiger partial charge in [0.25, 0.3) is 0 Å². The normalized spacial score (nSPS) is 12.4. The molecular formula is C18H18N6O2S. The average molecular weight is 382 g/mol. The van der Waals surface area contributed by atoms with Crippen LogP contribution in [0.3, 0.4) is 0 Å². The monoisotopic (exact) mass is 382 g/mol. The predicted octanol–water partition coefficient (Wildman–Crippen LogP) is 2.01. The Morgan fingerprint density at radius 1 is 1.22 bits per heavy atom. The lowest BCUT2D eigenvalue weighted by atomic mass is 10.2. The Morgan fingerprint density at radius 2 is 2.04 bits per heavy atom. The number of anilines is 1. The maximum absolute atomic E-state index is 5.99. The number of terminal acetylenes is 1. The first kappa shape index (κ1) is 17.5. The van der Waals surface area contributed by atoms with E-state index in [1.54, 1.807) is 6.07 Å². The topological polar surface area (TPSA) is 114 Å². The summed E-state index contributed by atoms with van der Waals surface area (Å²) in [6.45, 7) is 1.55. The third kappa shape index (κ3) is 3.25. The van der Waals surface area contributed by atoms with Crippen LogP contribution in [0.15, 0.2) is 28.5 Å². The fraction of sp³-hybridized carbons (Fsp3) is 0.278. The van der Waals surface area contributed by atoms with Gasteiger partial charge in [0.2, 0.25) is 6.79 Å². The minimum absolute atomic E-state index is 0.192. The Bertz CT molecular complexity index is 1040. The van der Waals surface area contributed by atoms with E-state index in [0.717, 1.165) is 29.4 Å². The molecule has 0 unspecified atom stereocenters. The molecule has 1 aliphatic heterocycles. The van der Waals surface area contributed by atoms with E-state index in [4.69, 9.17) is 27.4 Å². The summed E-state index contributed by atoms with van der Waals surface area (Å²) < 4.78 is 12.9. The van der Waals surface area contributed by atoms with Gasteiger partial charge in [-0.25, -0.2) is 15.0 Å². The molecule has 2 aromatic heterocycles. The number of unbranched alkanes of at least 4 members (excludes halogenated alkanes) is 1. The van der Waals surface area contributed by atoms with Crippen LogP contribution in [-0.2, 0) is 6.54 Å². The van der Waals surface area contributed by atoms with Gasteiger partial charge in [-0.15, -0.1) is 6.42 Å². The standard InChI is InChI=1S/C18H18N6O2S/c1-2-11-7-12-13(26-10-25-12)8-14(11)27-18-23-15-16(20)21-9-22-17(15)24(18)6-4-3-5-19/h1,7-9H,3-6,10,19H2,(H2,20,21,22). The van der Waals surface area contributed by atoms with E-state index in [1.165, 1.54) is 18.1 Å². The molecule has 4 rings (SSSR count). The van der Waals surface area contributed by atoms with Gasteiger partial charge in [0, 0.05) is 23.1 Å². The second kappa shape index (κ2) is 7.34. The van der Waals surface area contributed by atoms with E-state index in [9.17, 15) is 0 Å². The van der Waals surface area contributed by atoms with E-state index in [0.29, 0.717) is 40.6 Å². The summed E-state index contributed by atoms with van der Waals surface area (Å²) in [5, 5.41) is 0.740. The van der Waals surface area contributed by atoms with Crippen LogP contribution < -0.4 is 20.9 Å². The lowest BCUT2D eigenvalue weighted by molar-refractivity contribution is 0.174. The van der Waals surface area contributed by atoms with Crippen molar-refractivity contribution in [3.8, 4) is 23.8 Å². The summed E-state index contributed by atoms with van der Waals surface area (Å²) in [6.07, 6.45) is 8.95. The second-order valence-corrected chi connectivity index (χ2v) is 6.93. The molecule has 3 aromatic rings. The van der Waals surface area contributed by atoms with Crippen molar-refractivity contribution in [2.45, 2.75) is 29.4 Å². The Kier molecular flexibility index (Phi) is 4.75. The number of ether oxygens (including phenoxy) is 2. The molecular weight excluding hydrogens is 364 g/mol. The van der Waals surface area contributed by atoms with Crippen molar-refractivity contribution >= 4 is 28.7 Å². The molecule has 3 heterocycles. The number of aryl methyl sites for hydroxylation is 1. The zero-order valence-electron chi connectivity index (χ0n) is 14.5. The van der Waals surface area contributed by atoms with Crippen molar-refractivity contribution in [1.29, 1.82) is 0 Å². The number of nitrogens with zero attached hydrogens (tertiary/aromatic N) is 4. The zero-order chi connectivity index (χ0) is 18.8. The van der Waals surface area contributed by atoms with Gasteiger partial charge in [-0.2, -0.15) is 0 Å². The van der Waals surface area contributed by atoms with Gasteiger partial charge in [0.05, 0.1) is 0 Å². The van der Waals surface area contributed by atoms with Crippen LogP contribution in [0.1, 0.15) is 18.4 Å². The fourth-order valence-corrected chi connectivity index (χ4v) is 3.86. The van der Waals surface area contributed by atoms with Crippen LogP contribution in [0.25, 0.3) is 11.2 Å². The Hall–Kier alpha value is -2.96. The van der Waals surface area contributed by atoms with Gasteiger partial charge in [-0.3, -0.25) is 0 Å². The Labute approximate surface area is 160 Å². The van der Waals surface area contributed by atoms with Gasteiger partial charge < -0.3 is 25.5 Å². The molecule has 138 valence electrons. The first-order chi connectivity index (χ1) is 13.2. The number of fused-ring (bicyclic) bond motifs is 2. The zero-order valence-corrected chi connectivity index (χ0v) is 15.3. The number of hydrogen-bond acceptors (Lipinski definition) is 8. The van der Waals surface area contributed by atoms with Crippen molar-refractivity contribution in [3.05, 3.63) is 24.0 Å². The predicted molar refractivity (Wildman–Crippen MR) is 103 cm³/mol. The molecule has 1 aromatic carbocycles. The van der Waals surface area contributed by atoms with Gasteiger partial charge in [0.15, 0.2) is 33.6 Å². The summed E-state index contributed by atoms with van der Waals surface area (Å²) >= 11 is 1.44. The highest BCUT2D eigenvalue weighted by molar-refractivity contribution is 7.99. The van der Waals surface area contributed by atoms with Crippen molar-refractivity contribution in [3.63, 3.8) is 0 Å². The van der Waals surface area contributed by atoms with Gasteiger partial charge in [-0.05, 0) is 25.5 Å². The molecule has 27 heavy (non-hydrogen) atoms. The van der Waals surface area contributed by atoms with Crippen LogP contribution in [-0.4, -0.2) is 32.9 Å². The molecule has 0 bridgehead atoms. The lowest BCUT2D eigenvalue weighted by Crippen LogP contribution is -2.05. The molecule has 9 heteroatoms. The molecule has 0 atom stereocenters. The lowest BCUT2D eigenvalue weighted by Gasteiger charge is -2.09. The number of rotatable bonds is 6. The van der Waals surface area contributed by atoms with E-state index < -0.39 is 0 Å². The Balaban J connectivity index is 1.76. The van der Waals surface area contributed by atoms with Crippen molar-refractivity contribution in [2.24, 2.45) is 5.73 Å². The van der Waals surface area contributed by atoms with E-state index in [-0.39, 0.29) is 6.79 Å². The van der Waals surface area contributed by atoms with E-state index in [1.807, 2.05) is 10.6 Å². The minimum atomic E-state index is 0.192. The number of benzene rings is 1. The van der Waals surface area contributed by atoms with Crippen LogP contribution >= 0.6 is 11.8 Å². The summed E-state index contributed by atoms with van der Waals surface area (Å²) in [5.41, 5.74) is 13.6. The quantitative estimate of drug-likeness (QED) is 0.491. The molecule has 0 saturated heterocycles. The van der Waals surface area contributed by atoms with Crippen LogP contribution in [0.4, 0.5) is 5.82 Å². The van der Waals surface area contributed by atoms with Crippen molar-refractivity contribution < 1.29 is 9.47 Å². The molecule has 0 radical (unpaired) electrons. The minimum Gasteiger partial charge on any atom is -0.454 e. The van der Waals surface area contributed by atoms with Crippen LogP contribution in [0.2, 0.25) is 0 Å². The van der Waals surface area contributed by atoms with E-state index in [2.05, 4.69) is 20.9 Å². The number of aromatic nitrogens is 4. The van der Waals surface area contributed by atoms with Crippen molar-refractivity contribution in [1.82, 2.24) is 19.5 Å². The molecule has 0 fully saturated rings.